The van der Waals surface area contributed by atoms with E-state index in [0.717, 1.165) is 24.2 Å². The van der Waals surface area contributed by atoms with Crippen molar-refractivity contribution in [1.82, 2.24) is 4.90 Å². The van der Waals surface area contributed by atoms with Crippen molar-refractivity contribution in [3.8, 4) is 0 Å². The topological polar surface area (TPSA) is 135 Å². The van der Waals surface area contributed by atoms with Crippen molar-refractivity contribution in [2.75, 3.05) is 6.61 Å². The van der Waals surface area contributed by atoms with E-state index in [9.17, 15) is 24.0 Å². The Hall–Kier alpha value is -3.31. The second-order valence-electron chi connectivity index (χ2n) is 12.2. The maximum Gasteiger partial charge on any atom is 0.303 e. The highest BCUT2D eigenvalue weighted by molar-refractivity contribution is 6.21. The number of carbonyl (C=O) groups is 5. The summed E-state index contributed by atoms with van der Waals surface area (Å²) >= 11 is 0. The molecule has 1 saturated heterocycles. The lowest BCUT2D eigenvalue weighted by atomic mass is 9.70. The van der Waals surface area contributed by atoms with Gasteiger partial charge in [0, 0.05) is 20.8 Å². The van der Waals surface area contributed by atoms with Gasteiger partial charge in [0.1, 0.15) is 18.8 Å². The lowest BCUT2D eigenvalue weighted by molar-refractivity contribution is -0.304. The average Bonchev–Trinajstić information content (AvgIpc) is 3.35. The summed E-state index contributed by atoms with van der Waals surface area (Å²) in [6.07, 6.45) is -2.60. The van der Waals surface area contributed by atoms with Crippen LogP contribution in [0.5, 0.6) is 0 Å². The minimum absolute atomic E-state index is 0.0238. The molecule has 2 aliphatic heterocycles. The predicted octanol–water partition coefficient (Wildman–Crippen LogP) is 3.03. The fraction of sp³-hybridized carbons (Fsp3) is 0.633. The molecule has 2 bridgehead atoms. The predicted molar refractivity (Wildman–Crippen MR) is 141 cm³/mol. The van der Waals surface area contributed by atoms with Crippen LogP contribution in [0.4, 0.5) is 0 Å². The Labute approximate surface area is 238 Å². The smallest absolute Gasteiger partial charge is 0.303 e. The van der Waals surface area contributed by atoms with E-state index in [4.69, 9.17) is 23.7 Å². The summed E-state index contributed by atoms with van der Waals surface area (Å²) in [5.74, 6) is -2.84. The Kier molecular flexibility index (Phi) is 7.48. The number of ether oxygens (including phenoxy) is 5. The van der Waals surface area contributed by atoms with Gasteiger partial charge >= 0.3 is 17.9 Å². The number of imide groups is 1. The molecule has 0 radical (unpaired) electrons. The van der Waals surface area contributed by atoms with Crippen LogP contribution < -0.4 is 0 Å². The number of nitrogens with zero attached hydrogens (tertiary/aromatic N) is 1. The Morgan fingerprint density at radius 2 is 1.51 bits per heavy atom. The molecule has 2 saturated carbocycles. The molecule has 2 aliphatic carbocycles. The van der Waals surface area contributed by atoms with Crippen LogP contribution in [0, 0.1) is 16.7 Å². The SMILES string of the molecule is CC(=O)OC[C@H]1O[C@@H](O[C@@H]2C[C@@H]3CC[C@@]2(C)C3(C)C)[C@H](N2C(=O)c3ccccc3C2=O)[C@@H](OC(C)=O)[C@@H]1OC(C)=O. The van der Waals surface area contributed by atoms with Gasteiger partial charge in [-0.15, -0.1) is 0 Å². The molecule has 0 spiro atoms. The summed E-state index contributed by atoms with van der Waals surface area (Å²) in [4.78, 5) is 64.8. The van der Waals surface area contributed by atoms with Crippen molar-refractivity contribution < 1.29 is 47.7 Å². The molecular weight excluding hydrogens is 534 g/mol. The highest BCUT2D eigenvalue weighted by Gasteiger charge is 2.64. The molecule has 1 aromatic rings. The first-order chi connectivity index (χ1) is 19.3. The van der Waals surface area contributed by atoms with E-state index in [2.05, 4.69) is 20.8 Å². The number of esters is 3. The lowest BCUT2D eigenvalue weighted by Gasteiger charge is -2.49. The summed E-state index contributed by atoms with van der Waals surface area (Å²) in [6.45, 7) is 9.85. The van der Waals surface area contributed by atoms with E-state index < -0.39 is 60.4 Å². The fourth-order valence-electron chi connectivity index (χ4n) is 7.25. The third-order valence-corrected chi connectivity index (χ3v) is 9.81. The monoisotopic (exact) mass is 571 g/mol. The molecule has 222 valence electrons. The molecule has 1 aromatic carbocycles. The number of amides is 2. The minimum atomic E-state index is -1.36. The Bertz CT molecular complexity index is 1240. The van der Waals surface area contributed by atoms with Gasteiger partial charge in [0.2, 0.25) is 0 Å². The van der Waals surface area contributed by atoms with E-state index >= 15 is 0 Å². The number of fused-ring (bicyclic) bond motifs is 3. The number of carbonyl (C=O) groups excluding carboxylic acids is 5. The average molecular weight is 572 g/mol. The number of hydrogen-bond acceptors (Lipinski definition) is 10. The van der Waals surface area contributed by atoms with Crippen LogP contribution >= 0.6 is 0 Å². The highest BCUT2D eigenvalue weighted by atomic mass is 16.7. The van der Waals surface area contributed by atoms with Gasteiger partial charge in [-0.05, 0) is 48.1 Å². The Morgan fingerprint density at radius 3 is 2.00 bits per heavy atom. The van der Waals surface area contributed by atoms with Crippen LogP contribution in [0.2, 0.25) is 0 Å². The summed E-state index contributed by atoms with van der Waals surface area (Å²) < 4.78 is 29.6. The van der Waals surface area contributed by atoms with Gasteiger partial charge in [-0.25, -0.2) is 0 Å². The zero-order valence-electron chi connectivity index (χ0n) is 24.2. The molecule has 2 amide bonds. The molecule has 5 rings (SSSR count). The standard InChI is InChI=1S/C30H37NO10/c1-15(32)37-14-21-24(38-16(2)33)25(39-17(3)34)23(31-26(35)19-9-7-8-10-20(19)27(31)36)28(40-21)41-22-13-18-11-12-30(22,6)29(18,4)5/h7-10,18,21-25,28H,11-14H2,1-6H3/t18-,21+,22+,23+,24+,25+,28-,30+/m0/s1. The molecule has 2 heterocycles. The Balaban J connectivity index is 1.59. The van der Waals surface area contributed by atoms with Crippen LogP contribution in [-0.2, 0) is 38.1 Å². The normalized spacial score (nSPS) is 35.3. The first kappa shape index (κ1) is 29.2. The van der Waals surface area contributed by atoms with E-state index in [0.29, 0.717) is 5.92 Å². The molecule has 11 nitrogen and oxygen atoms in total. The Morgan fingerprint density at radius 1 is 0.927 bits per heavy atom. The van der Waals surface area contributed by atoms with E-state index in [1.165, 1.54) is 20.8 Å². The van der Waals surface area contributed by atoms with Gasteiger partial charge < -0.3 is 23.7 Å². The fourth-order valence-corrected chi connectivity index (χ4v) is 7.25. The second-order valence-corrected chi connectivity index (χ2v) is 12.2. The third kappa shape index (κ3) is 4.82. The maximum atomic E-state index is 13.7. The lowest BCUT2D eigenvalue weighted by Crippen LogP contribution is -2.68. The van der Waals surface area contributed by atoms with Crippen molar-refractivity contribution in [2.45, 2.75) is 97.6 Å². The van der Waals surface area contributed by atoms with Crippen molar-refractivity contribution in [3.05, 3.63) is 35.4 Å². The molecular formula is C30H37NO10. The quantitative estimate of drug-likeness (QED) is 0.273. The molecule has 8 atom stereocenters. The molecule has 3 fully saturated rings. The minimum Gasteiger partial charge on any atom is -0.463 e. The molecule has 0 unspecified atom stereocenters. The molecule has 0 aromatic heterocycles. The van der Waals surface area contributed by atoms with Gasteiger partial charge in [0.25, 0.3) is 11.8 Å². The van der Waals surface area contributed by atoms with Crippen molar-refractivity contribution in [1.29, 1.82) is 0 Å². The summed E-state index contributed by atoms with van der Waals surface area (Å²) in [5, 5.41) is 0. The largest absolute Gasteiger partial charge is 0.463 e. The zero-order valence-corrected chi connectivity index (χ0v) is 24.2. The van der Waals surface area contributed by atoms with E-state index in [1.807, 2.05) is 0 Å². The van der Waals surface area contributed by atoms with Gasteiger partial charge in [0.15, 0.2) is 18.5 Å². The number of benzene rings is 1. The molecule has 41 heavy (non-hydrogen) atoms. The van der Waals surface area contributed by atoms with Crippen molar-refractivity contribution >= 4 is 29.7 Å². The van der Waals surface area contributed by atoms with Gasteiger partial charge in [0.05, 0.1) is 17.2 Å². The number of rotatable bonds is 7. The van der Waals surface area contributed by atoms with Gasteiger partial charge in [-0.1, -0.05) is 32.9 Å². The van der Waals surface area contributed by atoms with Crippen LogP contribution in [0.1, 0.15) is 81.5 Å². The van der Waals surface area contributed by atoms with Gasteiger partial charge in [-0.3, -0.25) is 28.9 Å². The van der Waals surface area contributed by atoms with E-state index in [1.54, 1.807) is 24.3 Å². The van der Waals surface area contributed by atoms with Gasteiger partial charge in [-0.2, -0.15) is 0 Å². The molecule has 0 N–H and O–H groups in total. The summed E-state index contributed by atoms with van der Waals surface area (Å²) in [7, 11) is 0. The first-order valence-electron chi connectivity index (χ1n) is 14.0. The molecule has 4 aliphatic rings. The first-order valence-corrected chi connectivity index (χ1v) is 14.0. The molecule has 11 heteroatoms. The number of hydrogen-bond donors (Lipinski definition) is 0. The van der Waals surface area contributed by atoms with Crippen LogP contribution in [0.25, 0.3) is 0 Å². The summed E-state index contributed by atoms with van der Waals surface area (Å²) in [5.41, 5.74) is 0.140. The summed E-state index contributed by atoms with van der Waals surface area (Å²) in [6, 6.07) is 5.09. The van der Waals surface area contributed by atoms with Crippen LogP contribution in [0.3, 0.4) is 0 Å². The highest BCUT2D eigenvalue weighted by Crippen LogP contribution is 2.66. The van der Waals surface area contributed by atoms with Crippen molar-refractivity contribution in [3.63, 3.8) is 0 Å². The third-order valence-electron chi connectivity index (χ3n) is 9.81. The van der Waals surface area contributed by atoms with Crippen LogP contribution in [0.15, 0.2) is 24.3 Å². The maximum absolute atomic E-state index is 13.7. The van der Waals surface area contributed by atoms with Crippen molar-refractivity contribution in [2.24, 2.45) is 16.7 Å². The zero-order chi connectivity index (χ0) is 29.9. The van der Waals surface area contributed by atoms with E-state index in [-0.39, 0.29) is 34.7 Å². The second kappa shape index (κ2) is 10.5. The van der Waals surface area contributed by atoms with Crippen LogP contribution in [-0.4, -0.2) is 78.0 Å².